The lowest BCUT2D eigenvalue weighted by Crippen LogP contribution is -2.57. The average Bonchev–Trinajstić information content (AvgIpc) is 2.97. The Bertz CT molecular complexity index is 276. The van der Waals surface area contributed by atoms with Gasteiger partial charge in [0.05, 0.1) is 12.1 Å². The summed E-state index contributed by atoms with van der Waals surface area (Å²) in [5, 5.41) is 13.3. The lowest BCUT2D eigenvalue weighted by atomic mass is 9.94. The van der Waals surface area contributed by atoms with Crippen molar-refractivity contribution in [3.63, 3.8) is 0 Å². The molecule has 0 spiro atoms. The second-order valence-corrected chi connectivity index (χ2v) is 7.24. The number of hydrogen-bond donors (Lipinski definition) is 2. The zero-order chi connectivity index (χ0) is 13.9. The molecule has 0 radical (unpaired) electrons. The predicted molar refractivity (Wildman–Crippen MR) is 80.3 cm³/mol. The largest absolute Gasteiger partial charge is 0.394 e. The molecule has 2 fully saturated rings. The Hall–Kier alpha value is -0.120. The van der Waals surface area contributed by atoms with Crippen LogP contribution in [0.5, 0.6) is 0 Å². The highest BCUT2D eigenvalue weighted by Crippen LogP contribution is 2.35. The van der Waals surface area contributed by atoms with Gasteiger partial charge in [-0.25, -0.2) is 0 Å². The molecule has 1 saturated carbocycles. The van der Waals surface area contributed by atoms with Gasteiger partial charge in [0.25, 0.3) is 0 Å². The Labute approximate surface area is 118 Å². The van der Waals surface area contributed by atoms with Crippen LogP contribution >= 0.6 is 0 Å². The SMILES string of the molecule is CC(C)NC(C)(CO)CN1CCCC1C1CCCC1. The van der Waals surface area contributed by atoms with Gasteiger partial charge in [0.15, 0.2) is 0 Å². The normalized spacial score (nSPS) is 29.2. The molecule has 1 aliphatic heterocycles. The van der Waals surface area contributed by atoms with Crippen molar-refractivity contribution in [3.05, 3.63) is 0 Å². The van der Waals surface area contributed by atoms with Gasteiger partial charge in [0.1, 0.15) is 0 Å². The van der Waals surface area contributed by atoms with Gasteiger partial charge in [-0.1, -0.05) is 26.7 Å². The zero-order valence-corrected chi connectivity index (χ0v) is 13.0. The molecule has 3 nitrogen and oxygen atoms in total. The van der Waals surface area contributed by atoms with Crippen LogP contribution in [-0.4, -0.2) is 47.3 Å². The molecule has 2 aliphatic rings. The molecule has 0 aromatic carbocycles. The number of hydrogen-bond acceptors (Lipinski definition) is 3. The van der Waals surface area contributed by atoms with E-state index in [1.165, 1.54) is 45.1 Å². The van der Waals surface area contributed by atoms with Gasteiger partial charge in [0, 0.05) is 18.6 Å². The first kappa shape index (κ1) is 15.3. The summed E-state index contributed by atoms with van der Waals surface area (Å²) in [5.41, 5.74) is -0.157. The summed E-state index contributed by atoms with van der Waals surface area (Å²) >= 11 is 0. The van der Waals surface area contributed by atoms with E-state index >= 15 is 0 Å². The molecule has 1 saturated heterocycles. The number of nitrogens with one attached hydrogen (secondary N) is 1. The molecule has 0 bridgehead atoms. The monoisotopic (exact) mass is 268 g/mol. The zero-order valence-electron chi connectivity index (χ0n) is 13.0. The lowest BCUT2D eigenvalue weighted by Gasteiger charge is -2.39. The van der Waals surface area contributed by atoms with Gasteiger partial charge in [-0.2, -0.15) is 0 Å². The molecule has 112 valence electrons. The fourth-order valence-electron chi connectivity index (χ4n) is 4.21. The molecule has 2 rings (SSSR count). The highest BCUT2D eigenvalue weighted by molar-refractivity contribution is 4.94. The van der Waals surface area contributed by atoms with E-state index in [9.17, 15) is 5.11 Å². The highest BCUT2D eigenvalue weighted by Gasteiger charge is 2.37. The van der Waals surface area contributed by atoms with Crippen molar-refractivity contribution in [2.45, 2.75) is 76.9 Å². The van der Waals surface area contributed by atoms with E-state index < -0.39 is 0 Å². The predicted octanol–water partition coefficient (Wildman–Crippen LogP) is 2.39. The molecule has 3 heteroatoms. The molecule has 19 heavy (non-hydrogen) atoms. The van der Waals surface area contributed by atoms with Crippen LogP contribution in [0, 0.1) is 5.92 Å². The summed E-state index contributed by atoms with van der Waals surface area (Å²) in [6.07, 6.45) is 8.41. The number of aliphatic hydroxyl groups is 1. The van der Waals surface area contributed by atoms with Crippen LogP contribution in [0.15, 0.2) is 0 Å². The minimum Gasteiger partial charge on any atom is -0.394 e. The van der Waals surface area contributed by atoms with Crippen LogP contribution in [0.4, 0.5) is 0 Å². The van der Waals surface area contributed by atoms with Crippen LogP contribution in [0.2, 0.25) is 0 Å². The fraction of sp³-hybridized carbons (Fsp3) is 1.00. The summed E-state index contributed by atoms with van der Waals surface area (Å²) in [4.78, 5) is 2.65. The smallest absolute Gasteiger partial charge is 0.0623 e. The second kappa shape index (κ2) is 6.55. The quantitative estimate of drug-likeness (QED) is 0.776. The number of rotatable bonds is 6. The number of likely N-dealkylation sites (tertiary alicyclic amines) is 1. The van der Waals surface area contributed by atoms with E-state index in [4.69, 9.17) is 0 Å². The van der Waals surface area contributed by atoms with E-state index in [2.05, 4.69) is 31.0 Å². The van der Waals surface area contributed by atoms with Crippen molar-refractivity contribution in [1.82, 2.24) is 10.2 Å². The summed E-state index contributed by atoms with van der Waals surface area (Å²) in [7, 11) is 0. The molecule has 2 atom stereocenters. The first-order chi connectivity index (χ1) is 9.04. The van der Waals surface area contributed by atoms with Gasteiger partial charge in [-0.3, -0.25) is 4.90 Å². The van der Waals surface area contributed by atoms with E-state index in [1.807, 2.05) is 0 Å². The third kappa shape index (κ3) is 3.93. The molecule has 2 unspecified atom stereocenters. The van der Waals surface area contributed by atoms with Gasteiger partial charge < -0.3 is 10.4 Å². The Morgan fingerprint density at radius 3 is 2.47 bits per heavy atom. The molecule has 1 heterocycles. The fourth-order valence-corrected chi connectivity index (χ4v) is 4.21. The van der Waals surface area contributed by atoms with Gasteiger partial charge >= 0.3 is 0 Å². The summed E-state index contributed by atoms with van der Waals surface area (Å²) in [6.45, 7) is 8.91. The number of nitrogens with zero attached hydrogens (tertiary/aromatic N) is 1. The van der Waals surface area contributed by atoms with Crippen LogP contribution in [0.3, 0.4) is 0 Å². The summed E-state index contributed by atoms with van der Waals surface area (Å²) < 4.78 is 0. The van der Waals surface area contributed by atoms with Crippen LogP contribution in [0.1, 0.15) is 59.3 Å². The molecular weight excluding hydrogens is 236 g/mol. The lowest BCUT2D eigenvalue weighted by molar-refractivity contribution is 0.0913. The molecule has 0 aromatic rings. The van der Waals surface area contributed by atoms with Crippen molar-refractivity contribution >= 4 is 0 Å². The Kier molecular flexibility index (Phi) is 5.27. The van der Waals surface area contributed by atoms with Crippen molar-refractivity contribution in [1.29, 1.82) is 0 Å². The van der Waals surface area contributed by atoms with E-state index in [-0.39, 0.29) is 12.1 Å². The topological polar surface area (TPSA) is 35.5 Å². The summed E-state index contributed by atoms with van der Waals surface area (Å²) in [6, 6.07) is 1.20. The molecule has 2 N–H and O–H groups in total. The molecule has 1 aliphatic carbocycles. The van der Waals surface area contributed by atoms with Gasteiger partial charge in [-0.05, 0) is 45.1 Å². The van der Waals surface area contributed by atoms with Crippen molar-refractivity contribution in [3.8, 4) is 0 Å². The van der Waals surface area contributed by atoms with E-state index in [1.54, 1.807) is 0 Å². The van der Waals surface area contributed by atoms with Crippen LogP contribution in [0.25, 0.3) is 0 Å². The molecule has 0 amide bonds. The Balaban J connectivity index is 1.95. The summed E-state index contributed by atoms with van der Waals surface area (Å²) in [5.74, 6) is 0.921. The number of aliphatic hydroxyl groups excluding tert-OH is 1. The second-order valence-electron chi connectivity index (χ2n) is 7.24. The standard InChI is InChI=1S/C16H32N2O/c1-13(2)17-16(3,12-19)11-18-10-6-9-15(18)14-7-4-5-8-14/h13-15,17,19H,4-12H2,1-3H3. The first-order valence-electron chi connectivity index (χ1n) is 8.17. The maximum Gasteiger partial charge on any atom is 0.0623 e. The Morgan fingerprint density at radius 2 is 1.89 bits per heavy atom. The van der Waals surface area contributed by atoms with Crippen LogP contribution < -0.4 is 5.32 Å². The molecule has 0 aromatic heterocycles. The van der Waals surface area contributed by atoms with Crippen molar-refractivity contribution < 1.29 is 5.11 Å². The minimum atomic E-state index is -0.157. The first-order valence-corrected chi connectivity index (χ1v) is 8.17. The van der Waals surface area contributed by atoms with Gasteiger partial charge in [0.2, 0.25) is 0 Å². The van der Waals surface area contributed by atoms with Gasteiger partial charge in [-0.15, -0.1) is 0 Å². The van der Waals surface area contributed by atoms with Crippen LogP contribution in [-0.2, 0) is 0 Å². The highest BCUT2D eigenvalue weighted by atomic mass is 16.3. The minimum absolute atomic E-state index is 0.157. The average molecular weight is 268 g/mol. The van der Waals surface area contributed by atoms with E-state index in [0.717, 1.165) is 18.5 Å². The maximum absolute atomic E-state index is 9.76. The third-order valence-corrected chi connectivity index (χ3v) is 4.90. The Morgan fingerprint density at radius 1 is 1.21 bits per heavy atom. The third-order valence-electron chi connectivity index (χ3n) is 4.90. The van der Waals surface area contributed by atoms with Crippen molar-refractivity contribution in [2.24, 2.45) is 5.92 Å². The van der Waals surface area contributed by atoms with Crippen molar-refractivity contribution in [2.75, 3.05) is 19.7 Å². The molecular formula is C16H32N2O. The van der Waals surface area contributed by atoms with E-state index in [0.29, 0.717) is 6.04 Å². The maximum atomic E-state index is 9.76.